The summed E-state index contributed by atoms with van der Waals surface area (Å²) in [5.74, 6) is -1.32. The molecule has 0 aliphatic heterocycles. The lowest BCUT2D eigenvalue weighted by molar-refractivity contribution is 0.0692. The molecule has 96 valence electrons. The molecule has 0 spiro atoms. The average molecular weight is 254 g/mol. The van der Waals surface area contributed by atoms with Gasteiger partial charge < -0.3 is 5.11 Å². The van der Waals surface area contributed by atoms with Crippen molar-refractivity contribution in [3.63, 3.8) is 0 Å². The maximum atomic E-state index is 12.5. The van der Waals surface area contributed by atoms with Gasteiger partial charge in [0, 0.05) is 11.1 Å². The number of ketones is 1. The average Bonchev–Trinajstić information content (AvgIpc) is 2.38. The lowest BCUT2D eigenvalue weighted by Crippen LogP contribution is -2.12. The summed E-state index contributed by atoms with van der Waals surface area (Å²) in [7, 11) is 0. The molecule has 0 heterocycles. The maximum Gasteiger partial charge on any atom is 0.336 e. The minimum absolute atomic E-state index is 0.0493. The smallest absolute Gasteiger partial charge is 0.336 e. The van der Waals surface area contributed by atoms with Crippen LogP contribution >= 0.6 is 0 Å². The Morgan fingerprint density at radius 3 is 2.05 bits per heavy atom. The number of aryl methyl sites for hydroxylation is 2. The summed E-state index contributed by atoms with van der Waals surface area (Å²) in [6, 6.07) is 12.0. The Hall–Kier alpha value is -2.42. The van der Waals surface area contributed by atoms with Gasteiger partial charge >= 0.3 is 5.97 Å². The Labute approximate surface area is 111 Å². The highest BCUT2D eigenvalue weighted by Crippen LogP contribution is 2.20. The van der Waals surface area contributed by atoms with Crippen LogP contribution in [-0.2, 0) is 0 Å². The molecule has 0 unspecified atom stereocenters. The van der Waals surface area contributed by atoms with E-state index in [1.807, 2.05) is 19.1 Å². The molecule has 3 nitrogen and oxygen atoms in total. The van der Waals surface area contributed by atoms with Crippen LogP contribution in [0.15, 0.2) is 42.5 Å². The quantitative estimate of drug-likeness (QED) is 0.855. The SMILES string of the molecule is Cc1ccccc1C(=O)c1c(C)cccc1C(=O)O. The van der Waals surface area contributed by atoms with Crippen LogP contribution in [0.2, 0.25) is 0 Å². The van der Waals surface area contributed by atoms with E-state index in [4.69, 9.17) is 0 Å². The van der Waals surface area contributed by atoms with E-state index < -0.39 is 5.97 Å². The Kier molecular flexibility index (Phi) is 3.47. The van der Waals surface area contributed by atoms with Crippen molar-refractivity contribution in [1.82, 2.24) is 0 Å². The van der Waals surface area contributed by atoms with Crippen LogP contribution in [0.1, 0.15) is 37.4 Å². The van der Waals surface area contributed by atoms with Crippen molar-refractivity contribution in [3.8, 4) is 0 Å². The molecule has 0 radical (unpaired) electrons. The van der Waals surface area contributed by atoms with E-state index in [0.717, 1.165) is 5.56 Å². The lowest BCUT2D eigenvalue weighted by atomic mass is 9.92. The van der Waals surface area contributed by atoms with Crippen molar-refractivity contribution >= 4 is 11.8 Å². The molecule has 2 rings (SSSR count). The molecule has 2 aromatic carbocycles. The number of carbonyl (C=O) groups excluding carboxylic acids is 1. The number of carbonyl (C=O) groups is 2. The third-order valence-electron chi connectivity index (χ3n) is 3.12. The van der Waals surface area contributed by atoms with E-state index in [0.29, 0.717) is 11.1 Å². The first-order valence-corrected chi connectivity index (χ1v) is 5.95. The monoisotopic (exact) mass is 254 g/mol. The minimum atomic E-state index is -1.08. The Bertz CT molecular complexity index is 657. The van der Waals surface area contributed by atoms with E-state index in [1.54, 1.807) is 31.2 Å². The number of benzene rings is 2. The van der Waals surface area contributed by atoms with E-state index in [-0.39, 0.29) is 16.9 Å². The van der Waals surface area contributed by atoms with Gasteiger partial charge in [-0.1, -0.05) is 36.4 Å². The van der Waals surface area contributed by atoms with E-state index in [2.05, 4.69) is 0 Å². The van der Waals surface area contributed by atoms with Crippen LogP contribution in [0, 0.1) is 13.8 Å². The van der Waals surface area contributed by atoms with Crippen molar-refractivity contribution in [1.29, 1.82) is 0 Å². The van der Waals surface area contributed by atoms with E-state index in [1.165, 1.54) is 6.07 Å². The van der Waals surface area contributed by atoms with Gasteiger partial charge in [-0.25, -0.2) is 4.79 Å². The summed E-state index contributed by atoms with van der Waals surface area (Å²) >= 11 is 0. The van der Waals surface area contributed by atoms with Gasteiger partial charge in [0.2, 0.25) is 0 Å². The van der Waals surface area contributed by atoms with Crippen molar-refractivity contribution in [2.45, 2.75) is 13.8 Å². The Morgan fingerprint density at radius 1 is 0.842 bits per heavy atom. The molecule has 0 saturated carbocycles. The van der Waals surface area contributed by atoms with Gasteiger partial charge in [-0.2, -0.15) is 0 Å². The fourth-order valence-electron chi connectivity index (χ4n) is 2.11. The molecule has 19 heavy (non-hydrogen) atoms. The number of hydrogen-bond acceptors (Lipinski definition) is 2. The first-order chi connectivity index (χ1) is 9.02. The predicted molar refractivity (Wildman–Crippen MR) is 72.7 cm³/mol. The number of hydrogen-bond donors (Lipinski definition) is 1. The summed E-state index contributed by atoms with van der Waals surface area (Å²) in [5.41, 5.74) is 2.37. The van der Waals surface area contributed by atoms with Gasteiger partial charge in [0.15, 0.2) is 5.78 Å². The van der Waals surface area contributed by atoms with Gasteiger partial charge in [0.05, 0.1) is 5.56 Å². The van der Waals surface area contributed by atoms with Gasteiger partial charge in [0.1, 0.15) is 0 Å². The first kappa shape index (κ1) is 13.0. The van der Waals surface area contributed by atoms with Crippen LogP contribution in [0.5, 0.6) is 0 Å². The number of carboxylic acids is 1. The fraction of sp³-hybridized carbons (Fsp3) is 0.125. The highest BCUT2D eigenvalue weighted by molar-refractivity contribution is 6.15. The second-order valence-corrected chi connectivity index (χ2v) is 4.45. The molecule has 0 bridgehead atoms. The molecule has 0 atom stereocenters. The molecule has 1 N–H and O–H groups in total. The van der Waals surface area contributed by atoms with Crippen molar-refractivity contribution in [3.05, 3.63) is 70.3 Å². The van der Waals surface area contributed by atoms with Crippen LogP contribution < -0.4 is 0 Å². The normalized spacial score (nSPS) is 10.2. The lowest BCUT2D eigenvalue weighted by Gasteiger charge is -2.10. The van der Waals surface area contributed by atoms with Gasteiger partial charge in [-0.05, 0) is 31.0 Å². The van der Waals surface area contributed by atoms with Crippen LogP contribution in [0.4, 0.5) is 0 Å². The van der Waals surface area contributed by atoms with Crippen molar-refractivity contribution in [2.24, 2.45) is 0 Å². The second-order valence-electron chi connectivity index (χ2n) is 4.45. The van der Waals surface area contributed by atoms with Gasteiger partial charge in [0.25, 0.3) is 0 Å². The topological polar surface area (TPSA) is 54.4 Å². The molecule has 0 aliphatic carbocycles. The van der Waals surface area contributed by atoms with Crippen molar-refractivity contribution < 1.29 is 14.7 Å². The van der Waals surface area contributed by atoms with Crippen molar-refractivity contribution in [2.75, 3.05) is 0 Å². The zero-order chi connectivity index (χ0) is 14.0. The van der Waals surface area contributed by atoms with E-state index in [9.17, 15) is 14.7 Å². The second kappa shape index (κ2) is 5.06. The summed E-state index contributed by atoms with van der Waals surface area (Å²) in [6.07, 6.45) is 0. The highest BCUT2D eigenvalue weighted by atomic mass is 16.4. The highest BCUT2D eigenvalue weighted by Gasteiger charge is 2.20. The predicted octanol–water partition coefficient (Wildman–Crippen LogP) is 3.23. The number of carboxylic acid groups (broad SMARTS) is 1. The fourth-order valence-corrected chi connectivity index (χ4v) is 2.11. The summed E-state index contributed by atoms with van der Waals surface area (Å²) in [4.78, 5) is 23.8. The molecule has 2 aromatic rings. The van der Waals surface area contributed by atoms with E-state index >= 15 is 0 Å². The summed E-state index contributed by atoms with van der Waals surface area (Å²) < 4.78 is 0. The third-order valence-corrected chi connectivity index (χ3v) is 3.12. The molecule has 0 amide bonds. The summed E-state index contributed by atoms with van der Waals surface area (Å²) in [5, 5.41) is 9.20. The van der Waals surface area contributed by atoms with Crippen LogP contribution in [0.3, 0.4) is 0 Å². The maximum absolute atomic E-state index is 12.5. The number of rotatable bonds is 3. The molecule has 0 fully saturated rings. The minimum Gasteiger partial charge on any atom is -0.478 e. The van der Waals surface area contributed by atoms with Crippen LogP contribution in [0.25, 0.3) is 0 Å². The third kappa shape index (κ3) is 2.40. The largest absolute Gasteiger partial charge is 0.478 e. The molecule has 0 aromatic heterocycles. The molecule has 3 heteroatoms. The molecular formula is C16H14O3. The first-order valence-electron chi connectivity index (χ1n) is 5.95. The standard InChI is InChI=1S/C16H14O3/c1-10-6-3-4-8-12(10)15(17)14-11(2)7-5-9-13(14)16(18)19/h3-9H,1-2H3,(H,18,19). The molecule has 0 aliphatic rings. The Balaban J connectivity index is 2.63. The molecular weight excluding hydrogens is 240 g/mol. The zero-order valence-corrected chi connectivity index (χ0v) is 10.8. The Morgan fingerprint density at radius 2 is 1.42 bits per heavy atom. The van der Waals surface area contributed by atoms with Crippen LogP contribution in [-0.4, -0.2) is 16.9 Å². The molecule has 0 saturated heterocycles. The summed E-state index contributed by atoms with van der Waals surface area (Å²) in [6.45, 7) is 3.59. The van der Waals surface area contributed by atoms with Gasteiger partial charge in [-0.3, -0.25) is 4.79 Å². The van der Waals surface area contributed by atoms with Gasteiger partial charge in [-0.15, -0.1) is 0 Å². The zero-order valence-electron chi connectivity index (χ0n) is 10.8. The number of aromatic carboxylic acids is 1.